The van der Waals surface area contributed by atoms with Crippen molar-refractivity contribution in [3.05, 3.63) is 40.3 Å². The van der Waals surface area contributed by atoms with Crippen LogP contribution in [-0.2, 0) is 17.6 Å². The van der Waals surface area contributed by atoms with Gasteiger partial charge in [0.25, 0.3) is 5.91 Å². The third-order valence-corrected chi connectivity index (χ3v) is 6.86. The number of methoxy groups -OCH3 is 1. The Morgan fingerprint density at radius 3 is 2.78 bits per heavy atom. The van der Waals surface area contributed by atoms with Crippen molar-refractivity contribution in [2.24, 2.45) is 11.3 Å². The predicted molar refractivity (Wildman–Crippen MR) is 105 cm³/mol. The van der Waals surface area contributed by atoms with Crippen molar-refractivity contribution in [3.63, 3.8) is 0 Å². The van der Waals surface area contributed by atoms with Crippen molar-refractivity contribution in [1.82, 2.24) is 9.97 Å². The van der Waals surface area contributed by atoms with E-state index in [9.17, 15) is 9.59 Å². The maximum atomic E-state index is 12.5. The molecule has 1 amide bonds. The first kappa shape index (κ1) is 19.5. The first-order valence-corrected chi connectivity index (χ1v) is 9.99. The van der Waals surface area contributed by atoms with Gasteiger partial charge in [0.05, 0.1) is 18.9 Å². The summed E-state index contributed by atoms with van der Waals surface area (Å²) >= 11 is 1.48. The fourth-order valence-electron chi connectivity index (χ4n) is 3.53. The first-order chi connectivity index (χ1) is 12.9. The number of ether oxygens (including phenoxy) is 1. The third-order valence-electron chi connectivity index (χ3n) is 5.69. The third kappa shape index (κ3) is 3.88. The fourth-order valence-corrected chi connectivity index (χ4v) is 4.84. The van der Waals surface area contributed by atoms with Crippen LogP contribution in [0.4, 0.5) is 5.00 Å². The van der Waals surface area contributed by atoms with Crippen LogP contribution in [0.25, 0.3) is 0 Å². The first-order valence-electron chi connectivity index (χ1n) is 9.17. The number of nitrogens with one attached hydrogen (secondary N) is 1. The van der Waals surface area contributed by atoms with Gasteiger partial charge in [0.2, 0.25) is 0 Å². The van der Waals surface area contributed by atoms with Gasteiger partial charge in [-0.05, 0) is 36.2 Å². The molecule has 27 heavy (non-hydrogen) atoms. The molecule has 1 aliphatic carbocycles. The largest absolute Gasteiger partial charge is 0.465 e. The summed E-state index contributed by atoms with van der Waals surface area (Å²) in [6.45, 7) is 6.82. The zero-order chi connectivity index (χ0) is 19.6. The molecule has 0 bridgehead atoms. The van der Waals surface area contributed by atoms with E-state index in [-0.39, 0.29) is 17.0 Å². The Bertz CT molecular complexity index is 846. The smallest absolute Gasteiger partial charge is 0.341 e. The van der Waals surface area contributed by atoms with Crippen LogP contribution in [0.3, 0.4) is 0 Å². The Hall–Kier alpha value is -2.28. The number of hydrogen-bond acceptors (Lipinski definition) is 6. The fraction of sp³-hybridized carbons (Fsp3) is 0.500. The lowest BCUT2D eigenvalue weighted by molar-refractivity contribution is 0.0600. The summed E-state index contributed by atoms with van der Waals surface area (Å²) in [4.78, 5) is 34.0. The van der Waals surface area contributed by atoms with E-state index < -0.39 is 5.97 Å². The second kappa shape index (κ2) is 7.76. The van der Waals surface area contributed by atoms with Crippen LogP contribution in [0.15, 0.2) is 18.6 Å². The molecule has 0 fully saturated rings. The van der Waals surface area contributed by atoms with Crippen molar-refractivity contribution in [3.8, 4) is 0 Å². The SMILES string of the molecule is CCC(C)(C)[C@H]1CCc2c(sc(NC(=O)c3cnccn3)c2C(=O)OC)C1. The lowest BCUT2D eigenvalue weighted by atomic mass is 9.69. The topological polar surface area (TPSA) is 81.2 Å². The zero-order valence-electron chi connectivity index (χ0n) is 16.2. The number of anilines is 1. The van der Waals surface area contributed by atoms with Crippen LogP contribution < -0.4 is 5.32 Å². The number of carbonyl (C=O) groups is 2. The number of hydrogen-bond donors (Lipinski definition) is 1. The van der Waals surface area contributed by atoms with Gasteiger partial charge in [0.1, 0.15) is 10.7 Å². The van der Waals surface area contributed by atoms with Gasteiger partial charge in [-0.2, -0.15) is 0 Å². The molecule has 0 unspecified atom stereocenters. The highest BCUT2D eigenvalue weighted by molar-refractivity contribution is 7.17. The molecular formula is C20H25N3O3S. The number of thiophene rings is 1. The van der Waals surface area contributed by atoms with Crippen LogP contribution in [-0.4, -0.2) is 29.0 Å². The minimum Gasteiger partial charge on any atom is -0.465 e. The molecule has 7 heteroatoms. The Morgan fingerprint density at radius 1 is 1.37 bits per heavy atom. The van der Waals surface area contributed by atoms with Gasteiger partial charge < -0.3 is 10.1 Å². The van der Waals surface area contributed by atoms with Crippen molar-refractivity contribution in [1.29, 1.82) is 0 Å². The van der Waals surface area contributed by atoms with Crippen molar-refractivity contribution >= 4 is 28.2 Å². The number of fused-ring (bicyclic) bond motifs is 1. The van der Waals surface area contributed by atoms with Crippen LogP contribution in [0, 0.1) is 11.3 Å². The molecule has 1 atom stereocenters. The highest BCUT2D eigenvalue weighted by Gasteiger charge is 2.35. The zero-order valence-corrected chi connectivity index (χ0v) is 17.0. The van der Waals surface area contributed by atoms with Crippen LogP contribution >= 0.6 is 11.3 Å². The molecule has 2 heterocycles. The summed E-state index contributed by atoms with van der Waals surface area (Å²) in [5.74, 6) is -0.227. The number of rotatable bonds is 5. The molecule has 0 spiro atoms. The molecule has 0 saturated carbocycles. The summed E-state index contributed by atoms with van der Waals surface area (Å²) in [6.07, 6.45) is 8.27. The monoisotopic (exact) mass is 387 g/mol. The van der Waals surface area contributed by atoms with Crippen LogP contribution in [0.1, 0.15) is 64.9 Å². The molecule has 3 rings (SSSR count). The highest BCUT2D eigenvalue weighted by atomic mass is 32.1. The normalized spacial score (nSPS) is 16.5. The van der Waals surface area contributed by atoms with Gasteiger partial charge in [-0.15, -0.1) is 11.3 Å². The second-order valence-electron chi connectivity index (χ2n) is 7.53. The van der Waals surface area contributed by atoms with E-state index in [1.807, 2.05) is 0 Å². The number of aromatic nitrogens is 2. The average Bonchev–Trinajstić information content (AvgIpc) is 3.04. The van der Waals surface area contributed by atoms with Gasteiger partial charge in [-0.3, -0.25) is 9.78 Å². The maximum Gasteiger partial charge on any atom is 0.341 e. The molecule has 1 N–H and O–H groups in total. The molecule has 0 aliphatic heterocycles. The number of amides is 1. The summed E-state index contributed by atoms with van der Waals surface area (Å²) in [6, 6.07) is 0. The van der Waals surface area contributed by atoms with Crippen molar-refractivity contribution < 1.29 is 14.3 Å². The quantitative estimate of drug-likeness (QED) is 0.781. The van der Waals surface area contributed by atoms with E-state index in [4.69, 9.17) is 4.74 Å². The number of carbonyl (C=O) groups excluding carboxylic acids is 2. The van der Waals surface area contributed by atoms with Gasteiger partial charge in [0, 0.05) is 17.3 Å². The molecule has 1 aliphatic rings. The van der Waals surface area contributed by atoms with Gasteiger partial charge >= 0.3 is 5.97 Å². The number of esters is 1. The van der Waals surface area contributed by atoms with Crippen LogP contribution in [0.5, 0.6) is 0 Å². The molecular weight excluding hydrogens is 362 g/mol. The Labute approximate surface area is 163 Å². The minimum atomic E-state index is -0.407. The van der Waals surface area contributed by atoms with Crippen LogP contribution in [0.2, 0.25) is 0 Å². The Balaban J connectivity index is 1.93. The molecule has 6 nitrogen and oxygen atoms in total. The predicted octanol–water partition coefficient (Wildman–Crippen LogP) is 4.12. The highest BCUT2D eigenvalue weighted by Crippen LogP contribution is 2.45. The molecule has 2 aromatic rings. The van der Waals surface area contributed by atoms with E-state index in [1.54, 1.807) is 0 Å². The summed E-state index contributed by atoms with van der Waals surface area (Å²) in [5.41, 5.74) is 1.97. The van der Waals surface area contributed by atoms with E-state index in [0.717, 1.165) is 31.2 Å². The van der Waals surface area contributed by atoms with Gasteiger partial charge in [0.15, 0.2) is 0 Å². The van der Waals surface area contributed by atoms with E-state index in [1.165, 1.54) is 41.9 Å². The summed E-state index contributed by atoms with van der Waals surface area (Å²) in [7, 11) is 1.37. The molecule has 2 aromatic heterocycles. The lowest BCUT2D eigenvalue weighted by Gasteiger charge is -2.36. The van der Waals surface area contributed by atoms with E-state index >= 15 is 0 Å². The molecule has 144 valence electrons. The Morgan fingerprint density at radius 2 is 2.15 bits per heavy atom. The maximum absolute atomic E-state index is 12.5. The molecule has 0 aromatic carbocycles. The Kier molecular flexibility index (Phi) is 5.60. The summed E-state index contributed by atoms with van der Waals surface area (Å²) < 4.78 is 4.99. The van der Waals surface area contributed by atoms with E-state index in [2.05, 4.69) is 36.1 Å². The second-order valence-corrected chi connectivity index (χ2v) is 8.63. The van der Waals surface area contributed by atoms with Crippen molar-refractivity contribution in [2.45, 2.75) is 46.5 Å². The van der Waals surface area contributed by atoms with Gasteiger partial charge in [-0.25, -0.2) is 9.78 Å². The molecule has 0 radical (unpaired) electrons. The van der Waals surface area contributed by atoms with Gasteiger partial charge in [-0.1, -0.05) is 27.2 Å². The standard InChI is InChI=1S/C20H25N3O3S/c1-5-20(2,3)12-6-7-13-15(10-12)27-18(16(13)19(25)26-4)23-17(24)14-11-21-8-9-22-14/h8-9,11-12H,5-7,10H2,1-4H3,(H,23,24)/t12-/m0/s1. The average molecular weight is 388 g/mol. The lowest BCUT2D eigenvalue weighted by Crippen LogP contribution is -2.28. The molecule has 0 saturated heterocycles. The number of nitrogens with zero attached hydrogens (tertiary/aromatic N) is 2. The summed E-state index contributed by atoms with van der Waals surface area (Å²) in [5, 5.41) is 3.38. The van der Waals surface area contributed by atoms with E-state index in [0.29, 0.717) is 16.5 Å². The van der Waals surface area contributed by atoms with Crippen molar-refractivity contribution in [2.75, 3.05) is 12.4 Å². The minimum absolute atomic E-state index is 0.213.